The third kappa shape index (κ3) is 4.95. The molecule has 0 spiro atoms. The summed E-state index contributed by atoms with van der Waals surface area (Å²) in [6.45, 7) is 0. The molecule has 0 radical (unpaired) electrons. The van der Waals surface area contributed by atoms with Crippen LogP contribution in [0.1, 0.15) is 35.2 Å². The zero-order chi connectivity index (χ0) is 23.4. The van der Waals surface area contributed by atoms with E-state index in [9.17, 15) is 14.3 Å². The lowest BCUT2D eigenvalue weighted by Gasteiger charge is -2.12. The fraction of sp³-hybridized carbons (Fsp3) is 0.185. The molecule has 0 fully saturated rings. The number of aromatic nitrogens is 1. The molecule has 4 rings (SSSR count). The van der Waals surface area contributed by atoms with Crippen molar-refractivity contribution in [1.82, 2.24) is 4.98 Å². The van der Waals surface area contributed by atoms with Crippen LogP contribution in [0.25, 0.3) is 17.7 Å². The molecule has 0 bridgehead atoms. The van der Waals surface area contributed by atoms with E-state index in [0.717, 1.165) is 33.5 Å². The summed E-state index contributed by atoms with van der Waals surface area (Å²) in [5.41, 5.74) is 4.98. The highest BCUT2D eigenvalue weighted by molar-refractivity contribution is 6.02. The lowest BCUT2D eigenvalue weighted by Crippen LogP contribution is -2.04. The SMILES string of the molecule is COc1cc(/C=C2/C(CCC(=O)Cc3ccccn3)=Cc3cc(F)ccc32)cc(OC)c1O. The fourth-order valence-corrected chi connectivity index (χ4v) is 3.94. The molecule has 33 heavy (non-hydrogen) atoms. The minimum absolute atomic E-state index is 0.0769. The molecule has 1 aliphatic carbocycles. The lowest BCUT2D eigenvalue weighted by molar-refractivity contribution is -0.118. The number of ketones is 1. The van der Waals surface area contributed by atoms with Gasteiger partial charge in [-0.3, -0.25) is 9.78 Å². The molecule has 6 heteroatoms. The summed E-state index contributed by atoms with van der Waals surface area (Å²) < 4.78 is 24.4. The molecule has 0 unspecified atom stereocenters. The van der Waals surface area contributed by atoms with Gasteiger partial charge in [0.15, 0.2) is 11.5 Å². The van der Waals surface area contributed by atoms with Crippen molar-refractivity contribution in [3.63, 3.8) is 0 Å². The van der Waals surface area contributed by atoms with Crippen LogP contribution in [-0.4, -0.2) is 30.1 Å². The number of halogens is 1. The van der Waals surface area contributed by atoms with Crippen molar-refractivity contribution in [2.75, 3.05) is 14.2 Å². The van der Waals surface area contributed by atoms with E-state index >= 15 is 0 Å². The Bertz CT molecular complexity index is 1220. The molecular formula is C27H24FNO4. The minimum atomic E-state index is -0.315. The first-order valence-electron chi connectivity index (χ1n) is 10.6. The van der Waals surface area contributed by atoms with Crippen LogP contribution in [0.4, 0.5) is 4.39 Å². The minimum Gasteiger partial charge on any atom is -0.502 e. The van der Waals surface area contributed by atoms with Gasteiger partial charge in [0.1, 0.15) is 11.6 Å². The van der Waals surface area contributed by atoms with E-state index in [0.29, 0.717) is 12.8 Å². The predicted octanol–water partition coefficient (Wildman–Crippen LogP) is 5.47. The molecule has 3 aromatic rings. The molecule has 0 saturated carbocycles. The second kappa shape index (κ2) is 9.69. The molecule has 5 nitrogen and oxygen atoms in total. The number of hydrogen-bond donors (Lipinski definition) is 1. The van der Waals surface area contributed by atoms with Crippen LogP contribution in [0.3, 0.4) is 0 Å². The van der Waals surface area contributed by atoms with Gasteiger partial charge in [0, 0.05) is 24.7 Å². The second-order valence-electron chi connectivity index (χ2n) is 7.77. The van der Waals surface area contributed by atoms with Gasteiger partial charge in [-0.2, -0.15) is 0 Å². The molecule has 168 valence electrons. The number of carbonyl (C=O) groups is 1. The van der Waals surface area contributed by atoms with Gasteiger partial charge in [-0.05, 0) is 76.7 Å². The van der Waals surface area contributed by atoms with Crippen LogP contribution in [0.5, 0.6) is 17.2 Å². The molecule has 0 aliphatic heterocycles. The van der Waals surface area contributed by atoms with E-state index in [4.69, 9.17) is 9.47 Å². The molecule has 0 saturated heterocycles. The van der Waals surface area contributed by atoms with Gasteiger partial charge in [-0.25, -0.2) is 4.39 Å². The van der Waals surface area contributed by atoms with Crippen LogP contribution < -0.4 is 9.47 Å². The number of benzene rings is 2. The zero-order valence-corrected chi connectivity index (χ0v) is 18.5. The molecule has 0 amide bonds. The fourth-order valence-electron chi connectivity index (χ4n) is 3.94. The molecule has 1 aliphatic rings. The Balaban J connectivity index is 1.63. The van der Waals surface area contributed by atoms with E-state index in [2.05, 4.69) is 4.98 Å². The summed E-state index contributed by atoms with van der Waals surface area (Å²) in [7, 11) is 2.94. The molecule has 2 aromatic carbocycles. The van der Waals surface area contributed by atoms with Gasteiger partial charge in [-0.15, -0.1) is 0 Å². The number of fused-ring (bicyclic) bond motifs is 1. The average molecular weight is 445 g/mol. The van der Waals surface area contributed by atoms with Gasteiger partial charge >= 0.3 is 0 Å². The van der Waals surface area contributed by atoms with Crippen LogP contribution in [0, 0.1) is 5.82 Å². The summed E-state index contributed by atoms with van der Waals surface area (Å²) in [5, 5.41) is 10.2. The van der Waals surface area contributed by atoms with Crippen molar-refractivity contribution in [3.05, 3.63) is 88.5 Å². The monoisotopic (exact) mass is 445 g/mol. The number of Topliss-reactive ketones (excluding diaryl/α,β-unsaturated/α-hetero) is 1. The maximum atomic E-state index is 13.9. The Morgan fingerprint density at radius 3 is 2.52 bits per heavy atom. The zero-order valence-electron chi connectivity index (χ0n) is 18.5. The summed E-state index contributed by atoms with van der Waals surface area (Å²) in [6, 6.07) is 13.6. The highest BCUT2D eigenvalue weighted by Gasteiger charge is 2.21. The summed E-state index contributed by atoms with van der Waals surface area (Å²) in [5.74, 6) is 0.268. The van der Waals surface area contributed by atoms with Gasteiger partial charge in [0.05, 0.1) is 14.2 Å². The first-order valence-corrected chi connectivity index (χ1v) is 10.6. The largest absolute Gasteiger partial charge is 0.502 e. The maximum absolute atomic E-state index is 13.9. The van der Waals surface area contributed by atoms with Crippen molar-refractivity contribution in [2.45, 2.75) is 19.3 Å². The Labute approximate surface area is 191 Å². The first-order chi connectivity index (χ1) is 16.0. The molecule has 0 atom stereocenters. The molecular weight excluding hydrogens is 421 g/mol. The van der Waals surface area contributed by atoms with Crippen LogP contribution in [-0.2, 0) is 11.2 Å². The maximum Gasteiger partial charge on any atom is 0.200 e. The van der Waals surface area contributed by atoms with E-state index in [1.54, 1.807) is 24.4 Å². The molecule has 1 heterocycles. The topological polar surface area (TPSA) is 68.7 Å². The lowest BCUT2D eigenvalue weighted by atomic mass is 9.96. The Morgan fingerprint density at radius 1 is 1.09 bits per heavy atom. The number of pyridine rings is 1. The number of ether oxygens (including phenoxy) is 2. The van der Waals surface area contributed by atoms with Crippen LogP contribution in [0.15, 0.2) is 60.3 Å². The van der Waals surface area contributed by atoms with Gasteiger partial charge in [-0.1, -0.05) is 18.2 Å². The number of carbonyl (C=O) groups excluding carboxylic acids is 1. The number of rotatable bonds is 8. The number of phenolic OH excluding ortho intramolecular Hbond substituents is 1. The summed E-state index contributed by atoms with van der Waals surface area (Å²) >= 11 is 0. The highest BCUT2D eigenvalue weighted by Crippen LogP contribution is 2.42. The molecule has 1 aromatic heterocycles. The predicted molar refractivity (Wildman–Crippen MR) is 126 cm³/mol. The number of aromatic hydroxyl groups is 1. The van der Waals surface area contributed by atoms with Crippen molar-refractivity contribution >= 4 is 23.5 Å². The Hall–Kier alpha value is -3.93. The Kier molecular flexibility index (Phi) is 6.54. The number of phenols is 1. The van der Waals surface area contributed by atoms with Crippen molar-refractivity contribution < 1.29 is 23.8 Å². The Morgan fingerprint density at radius 2 is 1.85 bits per heavy atom. The van der Waals surface area contributed by atoms with E-state index in [1.165, 1.54) is 26.4 Å². The quantitative estimate of drug-likeness (QED) is 0.498. The standard InChI is InChI=1S/C27H24FNO4/c1-32-25-12-17(13-26(33-2)27(25)31)11-24-18(14-19-15-20(28)7-9-23(19)24)6-8-22(30)16-21-5-3-4-10-29-21/h3-5,7,9-15,31H,6,8,16H2,1-2H3/b24-11-. The number of allylic oxidation sites excluding steroid dienone is 2. The molecule has 1 N–H and O–H groups in total. The highest BCUT2D eigenvalue weighted by atomic mass is 19.1. The third-order valence-corrected chi connectivity index (χ3v) is 5.57. The van der Waals surface area contributed by atoms with Crippen molar-refractivity contribution in [3.8, 4) is 17.2 Å². The first kappa shape index (κ1) is 22.3. The summed E-state index contributed by atoms with van der Waals surface area (Å²) in [6.07, 6.45) is 6.67. The van der Waals surface area contributed by atoms with Crippen molar-refractivity contribution in [1.29, 1.82) is 0 Å². The normalized spacial score (nSPS) is 13.5. The van der Waals surface area contributed by atoms with Crippen LogP contribution in [0.2, 0.25) is 0 Å². The van der Waals surface area contributed by atoms with Gasteiger partial charge < -0.3 is 14.6 Å². The van der Waals surface area contributed by atoms with Crippen molar-refractivity contribution in [2.24, 2.45) is 0 Å². The number of methoxy groups -OCH3 is 2. The summed E-state index contributed by atoms with van der Waals surface area (Å²) in [4.78, 5) is 16.8. The number of nitrogens with zero attached hydrogens (tertiary/aromatic N) is 1. The van der Waals surface area contributed by atoms with E-state index in [-0.39, 0.29) is 35.3 Å². The van der Waals surface area contributed by atoms with Gasteiger partial charge in [0.25, 0.3) is 0 Å². The second-order valence-corrected chi connectivity index (χ2v) is 7.77. The van der Waals surface area contributed by atoms with E-state index in [1.807, 2.05) is 30.4 Å². The third-order valence-electron chi connectivity index (χ3n) is 5.57. The van der Waals surface area contributed by atoms with Crippen LogP contribution >= 0.6 is 0 Å². The smallest absolute Gasteiger partial charge is 0.200 e. The van der Waals surface area contributed by atoms with Gasteiger partial charge in [0.2, 0.25) is 5.75 Å². The average Bonchev–Trinajstić information content (AvgIpc) is 3.15. The van der Waals surface area contributed by atoms with E-state index < -0.39 is 0 Å². The number of hydrogen-bond acceptors (Lipinski definition) is 5.